The number of fused-ring (bicyclic) bond motifs is 1. The van der Waals surface area contributed by atoms with Crippen molar-refractivity contribution in [2.45, 2.75) is 62.8 Å². The molecule has 0 saturated carbocycles. The van der Waals surface area contributed by atoms with E-state index in [-0.39, 0.29) is 5.71 Å². The molecule has 0 spiro atoms. The number of rotatable bonds is 2. The number of carbonyl (C=O) groups is 3. The fraction of sp³-hybridized carbons (Fsp3) is 0.500. The van der Waals surface area contributed by atoms with E-state index in [1.165, 1.54) is 23.7 Å². The summed E-state index contributed by atoms with van der Waals surface area (Å²) >= 11 is 1.45. The van der Waals surface area contributed by atoms with Gasteiger partial charge in [-0.1, -0.05) is 12.1 Å². The van der Waals surface area contributed by atoms with Gasteiger partial charge in [-0.25, -0.2) is 9.79 Å². The summed E-state index contributed by atoms with van der Waals surface area (Å²) in [6, 6.07) is 6.56. The number of anilines is 1. The van der Waals surface area contributed by atoms with Gasteiger partial charge in [0.05, 0.1) is 10.4 Å². The van der Waals surface area contributed by atoms with Gasteiger partial charge < -0.3 is 10.1 Å². The summed E-state index contributed by atoms with van der Waals surface area (Å²) in [4.78, 5) is 43.8. The molecule has 1 aliphatic rings. The normalized spacial score (nSPS) is 18.5. The lowest BCUT2D eigenvalue weighted by Gasteiger charge is -2.28. The Balaban J connectivity index is 2.26. The third-order valence-electron chi connectivity index (χ3n) is 4.13. The minimum atomic E-state index is -0.874. The third kappa shape index (κ3) is 5.13. The second kappa shape index (κ2) is 7.95. The van der Waals surface area contributed by atoms with Gasteiger partial charge in [-0.05, 0) is 53.7 Å². The second-order valence-corrected chi connectivity index (χ2v) is 9.79. The van der Waals surface area contributed by atoms with Crippen molar-refractivity contribution < 1.29 is 19.1 Å². The van der Waals surface area contributed by atoms with Gasteiger partial charge in [-0.2, -0.15) is 0 Å². The summed E-state index contributed by atoms with van der Waals surface area (Å²) in [5.41, 5.74) is 0.122. The molecule has 3 amide bonds. The second-order valence-electron chi connectivity index (χ2n) is 8.13. The van der Waals surface area contributed by atoms with Gasteiger partial charge in [0.15, 0.2) is 0 Å². The molecule has 0 aromatic heterocycles. The van der Waals surface area contributed by atoms with E-state index in [2.05, 4.69) is 10.3 Å². The van der Waals surface area contributed by atoms with Crippen molar-refractivity contribution in [2.75, 3.05) is 12.4 Å². The number of hydrogen-bond donors (Lipinski definition) is 1. The van der Waals surface area contributed by atoms with E-state index in [1.54, 1.807) is 33.8 Å². The van der Waals surface area contributed by atoms with Crippen molar-refractivity contribution in [2.24, 2.45) is 4.99 Å². The Morgan fingerprint density at radius 2 is 1.86 bits per heavy atom. The Kier molecular flexibility index (Phi) is 6.23. The summed E-state index contributed by atoms with van der Waals surface area (Å²) in [5.74, 6) is -1.01. The molecule has 0 aliphatic carbocycles. The first-order valence-corrected chi connectivity index (χ1v) is 9.81. The van der Waals surface area contributed by atoms with E-state index in [9.17, 15) is 14.4 Å². The van der Waals surface area contributed by atoms with Crippen molar-refractivity contribution in [1.82, 2.24) is 4.90 Å². The fourth-order valence-corrected chi connectivity index (χ4v) is 3.64. The highest BCUT2D eigenvalue weighted by Crippen LogP contribution is 2.40. The molecule has 7 nitrogen and oxygen atoms in total. The lowest BCUT2D eigenvalue weighted by atomic mass is 10.1. The molecule has 1 aliphatic heterocycles. The van der Waals surface area contributed by atoms with Crippen LogP contribution in [0.25, 0.3) is 0 Å². The largest absolute Gasteiger partial charge is 0.444 e. The van der Waals surface area contributed by atoms with Crippen LogP contribution < -0.4 is 5.32 Å². The van der Waals surface area contributed by atoms with E-state index in [1.807, 2.05) is 32.0 Å². The zero-order valence-corrected chi connectivity index (χ0v) is 18.1. The molecule has 1 atom stereocenters. The number of thioether (sulfide) groups is 1. The van der Waals surface area contributed by atoms with E-state index in [0.29, 0.717) is 5.69 Å². The summed E-state index contributed by atoms with van der Waals surface area (Å²) in [6.07, 6.45) is -0.625. The predicted octanol–water partition coefficient (Wildman–Crippen LogP) is 3.73. The van der Waals surface area contributed by atoms with E-state index in [0.717, 1.165) is 4.90 Å². The number of amides is 3. The molecule has 1 heterocycles. The van der Waals surface area contributed by atoms with Crippen LogP contribution in [0.15, 0.2) is 34.2 Å². The SMILES string of the molecule is C[C@@H](C(=O)N=C1C(=O)Nc2ccccc2SC1(C)C)N(C)C(=O)OC(C)(C)C. The molecule has 0 bridgehead atoms. The first-order chi connectivity index (χ1) is 12.8. The average molecular weight is 406 g/mol. The summed E-state index contributed by atoms with van der Waals surface area (Å²) in [7, 11) is 1.47. The Bertz CT molecular complexity index is 827. The summed E-state index contributed by atoms with van der Waals surface area (Å²) in [5, 5.41) is 2.81. The van der Waals surface area contributed by atoms with Crippen molar-refractivity contribution in [3.8, 4) is 0 Å². The summed E-state index contributed by atoms with van der Waals surface area (Å²) in [6.45, 7) is 10.5. The average Bonchev–Trinajstić information content (AvgIpc) is 2.66. The standard InChI is InChI=1S/C20H27N3O4S/c1-12(23(7)18(26)27-19(2,3)4)16(24)22-15-17(25)21-13-10-8-9-11-14(13)28-20(15,5)6/h8-12H,1-7H3,(H,21,25)/t12-/m0/s1. The first kappa shape index (κ1) is 21.9. The van der Waals surface area contributed by atoms with Crippen LogP contribution in [0.5, 0.6) is 0 Å². The highest BCUT2D eigenvalue weighted by molar-refractivity contribution is 8.01. The number of para-hydroxylation sites is 1. The lowest BCUT2D eigenvalue weighted by molar-refractivity contribution is -0.122. The number of likely N-dealkylation sites (N-methyl/N-ethyl adjacent to an activating group) is 1. The highest BCUT2D eigenvalue weighted by atomic mass is 32.2. The number of ether oxygens (including phenoxy) is 1. The minimum absolute atomic E-state index is 0.114. The number of benzene rings is 1. The van der Waals surface area contributed by atoms with Crippen LogP contribution in [-0.4, -0.2) is 52.0 Å². The van der Waals surface area contributed by atoms with Crippen LogP contribution in [0.2, 0.25) is 0 Å². The number of nitrogens with zero attached hydrogens (tertiary/aromatic N) is 2. The first-order valence-electron chi connectivity index (χ1n) is 9.00. The molecule has 8 heteroatoms. The molecule has 0 radical (unpaired) electrons. The molecule has 28 heavy (non-hydrogen) atoms. The third-order valence-corrected chi connectivity index (χ3v) is 5.41. The number of aliphatic imine (C=N–C) groups is 1. The van der Waals surface area contributed by atoms with Gasteiger partial charge in [0.25, 0.3) is 11.8 Å². The highest BCUT2D eigenvalue weighted by Gasteiger charge is 2.37. The molecule has 0 saturated heterocycles. The van der Waals surface area contributed by atoms with Crippen LogP contribution in [0.3, 0.4) is 0 Å². The topological polar surface area (TPSA) is 88.1 Å². The van der Waals surface area contributed by atoms with Gasteiger partial charge in [-0.3, -0.25) is 14.5 Å². The lowest BCUT2D eigenvalue weighted by Crippen LogP contribution is -2.44. The van der Waals surface area contributed by atoms with Crippen LogP contribution in [0.1, 0.15) is 41.5 Å². The number of nitrogens with one attached hydrogen (secondary N) is 1. The van der Waals surface area contributed by atoms with Gasteiger partial charge in [0.2, 0.25) is 0 Å². The van der Waals surface area contributed by atoms with Crippen molar-refractivity contribution >= 4 is 41.1 Å². The Labute approximate surface area is 169 Å². The Morgan fingerprint density at radius 3 is 2.46 bits per heavy atom. The summed E-state index contributed by atoms with van der Waals surface area (Å²) < 4.78 is 4.56. The van der Waals surface area contributed by atoms with E-state index < -0.39 is 34.3 Å². The molecular weight excluding hydrogens is 378 g/mol. The zero-order chi connectivity index (χ0) is 21.3. The molecule has 0 fully saturated rings. The van der Waals surface area contributed by atoms with Crippen molar-refractivity contribution in [1.29, 1.82) is 0 Å². The Morgan fingerprint density at radius 1 is 1.25 bits per heavy atom. The smallest absolute Gasteiger partial charge is 0.410 e. The van der Waals surface area contributed by atoms with E-state index >= 15 is 0 Å². The zero-order valence-electron chi connectivity index (χ0n) is 17.3. The van der Waals surface area contributed by atoms with Crippen LogP contribution in [-0.2, 0) is 14.3 Å². The molecule has 1 aromatic carbocycles. The van der Waals surface area contributed by atoms with Crippen LogP contribution in [0, 0.1) is 0 Å². The predicted molar refractivity (Wildman–Crippen MR) is 111 cm³/mol. The minimum Gasteiger partial charge on any atom is -0.444 e. The van der Waals surface area contributed by atoms with E-state index in [4.69, 9.17) is 4.74 Å². The van der Waals surface area contributed by atoms with Gasteiger partial charge >= 0.3 is 6.09 Å². The maximum atomic E-state index is 12.7. The Hall–Kier alpha value is -2.35. The number of hydrogen-bond acceptors (Lipinski definition) is 5. The quantitative estimate of drug-likeness (QED) is 0.810. The van der Waals surface area contributed by atoms with Crippen molar-refractivity contribution in [3.63, 3.8) is 0 Å². The van der Waals surface area contributed by atoms with Crippen LogP contribution in [0.4, 0.5) is 10.5 Å². The molecule has 1 aromatic rings. The molecule has 2 rings (SSSR count). The molecule has 152 valence electrons. The molecular formula is C20H27N3O4S. The maximum absolute atomic E-state index is 12.7. The number of carbonyl (C=O) groups excluding carboxylic acids is 3. The van der Waals surface area contributed by atoms with Crippen molar-refractivity contribution in [3.05, 3.63) is 24.3 Å². The van der Waals surface area contributed by atoms with Crippen LogP contribution >= 0.6 is 11.8 Å². The van der Waals surface area contributed by atoms with Gasteiger partial charge in [0, 0.05) is 11.9 Å². The monoisotopic (exact) mass is 405 g/mol. The fourth-order valence-electron chi connectivity index (χ4n) is 2.48. The molecule has 0 unspecified atom stereocenters. The molecule has 1 N–H and O–H groups in total. The van der Waals surface area contributed by atoms with Gasteiger partial charge in [-0.15, -0.1) is 11.8 Å². The maximum Gasteiger partial charge on any atom is 0.410 e. The van der Waals surface area contributed by atoms with Gasteiger partial charge in [0.1, 0.15) is 17.4 Å².